The summed E-state index contributed by atoms with van der Waals surface area (Å²) in [5.74, 6) is 0. The van der Waals surface area contributed by atoms with E-state index in [0.29, 0.717) is 12.1 Å². The maximum absolute atomic E-state index is 5.92. The van der Waals surface area contributed by atoms with Crippen LogP contribution in [0, 0.1) is 0 Å². The van der Waals surface area contributed by atoms with E-state index in [2.05, 4.69) is 38.0 Å². The number of ether oxygens (including phenoxy) is 2. The number of morpholine rings is 1. The first-order valence-electron chi connectivity index (χ1n) is 7.07. The zero-order valence-corrected chi connectivity index (χ0v) is 12.7. The Morgan fingerprint density at radius 2 is 2.22 bits per heavy atom. The molecule has 2 atom stereocenters. The fourth-order valence-electron chi connectivity index (χ4n) is 2.34. The molecule has 0 aromatic carbocycles. The minimum atomic E-state index is -0.0474. The minimum Gasteiger partial charge on any atom is -0.379 e. The molecule has 1 saturated heterocycles. The third-order valence-corrected chi connectivity index (χ3v) is 3.82. The maximum atomic E-state index is 5.92. The van der Waals surface area contributed by atoms with Crippen LogP contribution in [0.4, 0.5) is 0 Å². The minimum absolute atomic E-state index is 0.0474. The third-order valence-electron chi connectivity index (χ3n) is 3.82. The number of nitrogens with zero attached hydrogens (tertiary/aromatic N) is 1. The summed E-state index contributed by atoms with van der Waals surface area (Å²) in [6.07, 6.45) is 2.44. The number of hydrogen-bond donors (Lipinski definition) is 1. The van der Waals surface area contributed by atoms with Gasteiger partial charge in [0.1, 0.15) is 0 Å². The van der Waals surface area contributed by atoms with Gasteiger partial charge in [-0.3, -0.25) is 0 Å². The highest BCUT2D eigenvalue weighted by atomic mass is 16.5. The van der Waals surface area contributed by atoms with Gasteiger partial charge in [0.25, 0.3) is 0 Å². The number of nitrogens with one attached hydrogen (secondary N) is 1. The van der Waals surface area contributed by atoms with Gasteiger partial charge in [0.2, 0.25) is 0 Å². The lowest BCUT2D eigenvalue weighted by molar-refractivity contribution is -0.0468. The van der Waals surface area contributed by atoms with E-state index in [-0.39, 0.29) is 5.60 Å². The molecule has 18 heavy (non-hydrogen) atoms. The molecule has 1 fully saturated rings. The standard InChI is InChI=1S/C14H30N2O2/c1-6-15-12(7-8-14(2,3)17-5)13-11-16(4)9-10-18-13/h12-13,15H,6-11H2,1-5H3. The lowest BCUT2D eigenvalue weighted by atomic mass is 9.95. The number of rotatable bonds is 7. The van der Waals surface area contributed by atoms with Gasteiger partial charge in [0.15, 0.2) is 0 Å². The number of hydrogen-bond acceptors (Lipinski definition) is 4. The predicted octanol–water partition coefficient (Wildman–Crippen LogP) is 1.50. The van der Waals surface area contributed by atoms with E-state index < -0.39 is 0 Å². The van der Waals surface area contributed by atoms with Gasteiger partial charge in [-0.05, 0) is 40.3 Å². The molecule has 4 nitrogen and oxygen atoms in total. The van der Waals surface area contributed by atoms with Crippen LogP contribution in [-0.2, 0) is 9.47 Å². The second-order valence-corrected chi connectivity index (χ2v) is 5.84. The first-order valence-corrected chi connectivity index (χ1v) is 7.07. The molecular formula is C14H30N2O2. The molecule has 0 amide bonds. The van der Waals surface area contributed by atoms with Crippen LogP contribution in [0.2, 0.25) is 0 Å². The Bertz CT molecular complexity index is 234. The zero-order chi connectivity index (χ0) is 13.6. The van der Waals surface area contributed by atoms with Crippen LogP contribution in [0.1, 0.15) is 33.6 Å². The van der Waals surface area contributed by atoms with Gasteiger partial charge in [-0.25, -0.2) is 0 Å². The van der Waals surface area contributed by atoms with Crippen molar-refractivity contribution >= 4 is 0 Å². The van der Waals surface area contributed by atoms with Crippen LogP contribution < -0.4 is 5.32 Å². The molecule has 1 N–H and O–H groups in total. The summed E-state index contributed by atoms with van der Waals surface area (Å²) in [5.41, 5.74) is -0.0474. The van der Waals surface area contributed by atoms with E-state index in [4.69, 9.17) is 9.47 Å². The largest absolute Gasteiger partial charge is 0.379 e. The molecule has 1 rings (SSSR count). The molecule has 4 heteroatoms. The summed E-state index contributed by atoms with van der Waals surface area (Å²) in [5, 5.41) is 3.56. The summed E-state index contributed by atoms with van der Waals surface area (Å²) >= 11 is 0. The van der Waals surface area contributed by atoms with Crippen LogP contribution in [0.25, 0.3) is 0 Å². The topological polar surface area (TPSA) is 33.7 Å². The number of methoxy groups -OCH3 is 1. The van der Waals surface area contributed by atoms with Crippen molar-refractivity contribution in [2.45, 2.75) is 51.4 Å². The van der Waals surface area contributed by atoms with Crippen LogP contribution in [-0.4, -0.2) is 63.0 Å². The highest BCUT2D eigenvalue weighted by Gasteiger charge is 2.28. The van der Waals surface area contributed by atoms with E-state index >= 15 is 0 Å². The van der Waals surface area contributed by atoms with Crippen LogP contribution in [0.5, 0.6) is 0 Å². The monoisotopic (exact) mass is 258 g/mol. The maximum Gasteiger partial charge on any atom is 0.0855 e. The molecule has 0 bridgehead atoms. The van der Waals surface area contributed by atoms with Gasteiger partial charge >= 0.3 is 0 Å². The zero-order valence-electron chi connectivity index (χ0n) is 12.7. The van der Waals surface area contributed by atoms with Crippen molar-refractivity contribution in [2.24, 2.45) is 0 Å². The van der Waals surface area contributed by atoms with Gasteiger partial charge in [0, 0.05) is 26.2 Å². The first-order chi connectivity index (χ1) is 8.48. The summed E-state index contributed by atoms with van der Waals surface area (Å²) in [7, 11) is 3.95. The van der Waals surface area contributed by atoms with Gasteiger partial charge in [0.05, 0.1) is 18.3 Å². The van der Waals surface area contributed by atoms with E-state index in [1.54, 1.807) is 7.11 Å². The summed E-state index contributed by atoms with van der Waals surface area (Å²) in [6, 6.07) is 0.423. The van der Waals surface area contributed by atoms with Crippen LogP contribution >= 0.6 is 0 Å². The van der Waals surface area contributed by atoms with E-state index in [0.717, 1.165) is 39.1 Å². The van der Waals surface area contributed by atoms with Crippen molar-refractivity contribution in [3.05, 3.63) is 0 Å². The van der Waals surface area contributed by atoms with Crippen molar-refractivity contribution in [3.8, 4) is 0 Å². The Hall–Kier alpha value is -0.160. The lowest BCUT2D eigenvalue weighted by Gasteiger charge is -2.36. The summed E-state index contributed by atoms with van der Waals surface area (Å²) in [6.45, 7) is 10.3. The quantitative estimate of drug-likeness (QED) is 0.750. The SMILES string of the molecule is CCNC(CCC(C)(C)OC)C1CN(C)CCO1. The van der Waals surface area contributed by atoms with Crippen LogP contribution in [0.15, 0.2) is 0 Å². The van der Waals surface area contributed by atoms with Gasteiger partial charge in [-0.2, -0.15) is 0 Å². The van der Waals surface area contributed by atoms with Gasteiger partial charge < -0.3 is 19.7 Å². The molecular weight excluding hydrogens is 228 g/mol. The molecule has 1 aliphatic rings. The van der Waals surface area contributed by atoms with Crippen molar-refractivity contribution < 1.29 is 9.47 Å². The van der Waals surface area contributed by atoms with E-state index in [1.165, 1.54) is 0 Å². The smallest absolute Gasteiger partial charge is 0.0855 e. The second kappa shape index (κ2) is 7.43. The highest BCUT2D eigenvalue weighted by molar-refractivity contribution is 4.84. The summed E-state index contributed by atoms with van der Waals surface area (Å²) in [4.78, 5) is 2.35. The molecule has 0 spiro atoms. The molecule has 108 valence electrons. The van der Waals surface area contributed by atoms with E-state index in [9.17, 15) is 0 Å². The number of likely N-dealkylation sites (N-methyl/N-ethyl adjacent to an activating group) is 2. The Balaban J connectivity index is 2.48. The average molecular weight is 258 g/mol. The Kier molecular flexibility index (Phi) is 6.57. The molecule has 0 aliphatic carbocycles. The molecule has 0 aromatic rings. The molecule has 1 aliphatic heterocycles. The Morgan fingerprint density at radius 3 is 2.78 bits per heavy atom. The fraction of sp³-hybridized carbons (Fsp3) is 1.00. The molecule has 2 unspecified atom stereocenters. The van der Waals surface area contributed by atoms with Crippen molar-refractivity contribution in [1.82, 2.24) is 10.2 Å². The van der Waals surface area contributed by atoms with E-state index in [1.807, 2.05) is 0 Å². The Morgan fingerprint density at radius 1 is 1.50 bits per heavy atom. The van der Waals surface area contributed by atoms with Crippen molar-refractivity contribution in [2.75, 3.05) is 40.4 Å². The van der Waals surface area contributed by atoms with Crippen molar-refractivity contribution in [3.63, 3.8) is 0 Å². The lowest BCUT2D eigenvalue weighted by Crippen LogP contribution is -2.51. The molecule has 0 radical (unpaired) electrons. The summed E-state index contributed by atoms with van der Waals surface area (Å²) < 4.78 is 11.4. The molecule has 1 heterocycles. The second-order valence-electron chi connectivity index (χ2n) is 5.84. The third kappa shape index (κ3) is 5.22. The fourth-order valence-corrected chi connectivity index (χ4v) is 2.34. The average Bonchev–Trinajstić information content (AvgIpc) is 2.34. The normalized spacial score (nSPS) is 24.2. The Labute approximate surface area is 112 Å². The van der Waals surface area contributed by atoms with Crippen LogP contribution in [0.3, 0.4) is 0 Å². The highest BCUT2D eigenvalue weighted by Crippen LogP contribution is 2.20. The van der Waals surface area contributed by atoms with Crippen molar-refractivity contribution in [1.29, 1.82) is 0 Å². The molecule has 0 saturated carbocycles. The van der Waals surface area contributed by atoms with Gasteiger partial charge in [-0.1, -0.05) is 6.92 Å². The predicted molar refractivity (Wildman–Crippen MR) is 75.0 cm³/mol. The van der Waals surface area contributed by atoms with Gasteiger partial charge in [-0.15, -0.1) is 0 Å². The first kappa shape index (κ1) is 15.9. The molecule has 0 aromatic heterocycles.